The Balaban J connectivity index is 2.10. The van der Waals surface area contributed by atoms with Crippen LogP contribution in [0.5, 0.6) is 17.2 Å². The summed E-state index contributed by atoms with van der Waals surface area (Å²) in [6.45, 7) is 4.68. The lowest BCUT2D eigenvalue weighted by atomic mass is 10.1. The van der Waals surface area contributed by atoms with E-state index in [1.54, 1.807) is 21.3 Å². The SMILES string of the molecule is COc1cc(OC)c(CN2CCN(C[C]=O)CC2)c(OC)c1. The summed E-state index contributed by atoms with van der Waals surface area (Å²) in [6, 6.07) is 3.74. The van der Waals surface area contributed by atoms with Crippen LogP contribution in [0.2, 0.25) is 0 Å². The lowest BCUT2D eigenvalue weighted by Crippen LogP contribution is -2.46. The van der Waals surface area contributed by atoms with Gasteiger partial charge in [-0.2, -0.15) is 0 Å². The number of hydrogen-bond donors (Lipinski definition) is 0. The molecule has 1 aliphatic heterocycles. The van der Waals surface area contributed by atoms with Crippen LogP contribution in [0.25, 0.3) is 0 Å². The lowest BCUT2D eigenvalue weighted by molar-refractivity contribution is 0.137. The van der Waals surface area contributed by atoms with E-state index in [1.807, 2.05) is 18.4 Å². The highest BCUT2D eigenvalue weighted by Crippen LogP contribution is 2.35. The second kappa shape index (κ2) is 8.00. The average Bonchev–Trinajstić information content (AvgIpc) is 2.56. The smallest absolute Gasteiger partial charge is 0.213 e. The van der Waals surface area contributed by atoms with E-state index in [2.05, 4.69) is 9.80 Å². The van der Waals surface area contributed by atoms with Crippen LogP contribution >= 0.6 is 0 Å². The molecule has 6 heteroatoms. The molecule has 1 fully saturated rings. The molecular weight excluding hydrogens is 284 g/mol. The Bertz CT molecular complexity index is 474. The molecule has 0 bridgehead atoms. The number of piperazine rings is 1. The zero-order chi connectivity index (χ0) is 15.9. The van der Waals surface area contributed by atoms with Crippen molar-refractivity contribution in [1.82, 2.24) is 9.80 Å². The average molecular weight is 307 g/mol. The topological polar surface area (TPSA) is 51.2 Å². The third kappa shape index (κ3) is 3.90. The summed E-state index contributed by atoms with van der Waals surface area (Å²) in [5, 5.41) is 0. The van der Waals surface area contributed by atoms with E-state index in [0.717, 1.165) is 49.8 Å². The Morgan fingerprint density at radius 2 is 1.50 bits per heavy atom. The van der Waals surface area contributed by atoms with E-state index < -0.39 is 0 Å². The van der Waals surface area contributed by atoms with Crippen LogP contribution in [0, 0.1) is 0 Å². The summed E-state index contributed by atoms with van der Waals surface area (Å²) in [5.41, 5.74) is 1.01. The zero-order valence-electron chi connectivity index (χ0n) is 13.4. The van der Waals surface area contributed by atoms with E-state index in [0.29, 0.717) is 12.3 Å². The highest BCUT2D eigenvalue weighted by atomic mass is 16.5. The minimum Gasteiger partial charge on any atom is -0.496 e. The first-order valence-electron chi connectivity index (χ1n) is 7.30. The molecule has 1 aliphatic rings. The minimum absolute atomic E-state index is 0.392. The summed E-state index contributed by atoms with van der Waals surface area (Å²) >= 11 is 0. The molecule has 0 unspecified atom stereocenters. The van der Waals surface area contributed by atoms with Gasteiger partial charge in [-0.3, -0.25) is 14.6 Å². The van der Waals surface area contributed by atoms with Crippen molar-refractivity contribution in [2.45, 2.75) is 6.54 Å². The van der Waals surface area contributed by atoms with Gasteiger partial charge in [-0.05, 0) is 0 Å². The van der Waals surface area contributed by atoms with Crippen LogP contribution in [0.4, 0.5) is 0 Å². The highest BCUT2D eigenvalue weighted by molar-refractivity contribution is 5.53. The second-order valence-electron chi connectivity index (χ2n) is 5.21. The van der Waals surface area contributed by atoms with E-state index in [-0.39, 0.29) is 0 Å². The summed E-state index contributed by atoms with van der Waals surface area (Å²) < 4.78 is 16.2. The van der Waals surface area contributed by atoms with Gasteiger partial charge in [0, 0.05) is 44.9 Å². The highest BCUT2D eigenvalue weighted by Gasteiger charge is 2.20. The van der Waals surface area contributed by atoms with Gasteiger partial charge in [-0.15, -0.1) is 0 Å². The number of ether oxygens (including phenoxy) is 3. The predicted molar refractivity (Wildman–Crippen MR) is 83.5 cm³/mol. The monoisotopic (exact) mass is 307 g/mol. The number of rotatable bonds is 7. The van der Waals surface area contributed by atoms with E-state index in [9.17, 15) is 4.79 Å². The van der Waals surface area contributed by atoms with Gasteiger partial charge >= 0.3 is 0 Å². The molecule has 0 spiro atoms. The molecule has 0 saturated carbocycles. The summed E-state index contributed by atoms with van der Waals surface area (Å²) in [7, 11) is 4.92. The van der Waals surface area contributed by atoms with E-state index in [4.69, 9.17) is 14.2 Å². The fourth-order valence-electron chi connectivity index (χ4n) is 2.65. The van der Waals surface area contributed by atoms with E-state index in [1.165, 1.54) is 0 Å². The van der Waals surface area contributed by atoms with Gasteiger partial charge in [-0.25, -0.2) is 0 Å². The Morgan fingerprint density at radius 3 is 1.95 bits per heavy atom. The molecule has 121 valence electrons. The first-order valence-corrected chi connectivity index (χ1v) is 7.30. The number of carbonyl (C=O) groups excluding carboxylic acids is 1. The maximum absolute atomic E-state index is 10.4. The molecular formula is C16H23N2O4. The van der Waals surface area contributed by atoms with Gasteiger partial charge in [0.1, 0.15) is 17.2 Å². The Labute approximate surface area is 131 Å². The molecule has 1 aromatic carbocycles. The maximum Gasteiger partial charge on any atom is 0.213 e. The molecule has 0 N–H and O–H groups in total. The normalized spacial score (nSPS) is 16.3. The van der Waals surface area contributed by atoms with Gasteiger partial charge in [0.25, 0.3) is 0 Å². The third-order valence-electron chi connectivity index (χ3n) is 3.95. The molecule has 0 amide bonds. The maximum atomic E-state index is 10.4. The number of nitrogens with zero attached hydrogens (tertiary/aromatic N) is 2. The quantitative estimate of drug-likeness (QED) is 0.747. The van der Waals surface area contributed by atoms with Gasteiger partial charge in [0.2, 0.25) is 6.29 Å². The molecule has 1 radical (unpaired) electrons. The standard InChI is InChI=1S/C16H23N2O4/c1-20-13-10-15(21-2)14(16(11-13)22-3)12-18-6-4-17(5-7-18)8-9-19/h10-11H,4-8,12H2,1-3H3. The fourth-order valence-corrected chi connectivity index (χ4v) is 2.65. The Morgan fingerprint density at radius 1 is 0.955 bits per heavy atom. The fraction of sp³-hybridized carbons (Fsp3) is 0.562. The lowest BCUT2D eigenvalue weighted by Gasteiger charge is -2.34. The van der Waals surface area contributed by atoms with Crippen molar-refractivity contribution in [3.8, 4) is 17.2 Å². The second-order valence-corrected chi connectivity index (χ2v) is 5.21. The van der Waals surface area contributed by atoms with Crippen molar-refractivity contribution in [3.63, 3.8) is 0 Å². The summed E-state index contributed by atoms with van der Waals surface area (Å²) in [5.74, 6) is 2.24. The van der Waals surface area contributed by atoms with Crippen LogP contribution < -0.4 is 14.2 Å². The van der Waals surface area contributed by atoms with E-state index >= 15 is 0 Å². The molecule has 22 heavy (non-hydrogen) atoms. The molecule has 6 nitrogen and oxygen atoms in total. The summed E-state index contributed by atoms with van der Waals surface area (Å²) in [6.07, 6.45) is 1.95. The first-order chi connectivity index (χ1) is 10.7. The largest absolute Gasteiger partial charge is 0.496 e. The van der Waals surface area contributed by atoms with Crippen molar-refractivity contribution >= 4 is 6.29 Å². The molecule has 1 aromatic rings. The van der Waals surface area contributed by atoms with Crippen molar-refractivity contribution in [2.75, 3.05) is 54.1 Å². The number of benzene rings is 1. The zero-order valence-corrected chi connectivity index (χ0v) is 13.4. The van der Waals surface area contributed by atoms with Crippen molar-refractivity contribution < 1.29 is 19.0 Å². The number of methoxy groups -OCH3 is 3. The number of hydrogen-bond acceptors (Lipinski definition) is 6. The molecule has 1 saturated heterocycles. The molecule has 0 aromatic heterocycles. The van der Waals surface area contributed by atoms with Crippen LogP contribution in [0.15, 0.2) is 12.1 Å². The van der Waals surface area contributed by atoms with Crippen LogP contribution in [-0.2, 0) is 11.3 Å². The van der Waals surface area contributed by atoms with Crippen LogP contribution in [-0.4, -0.2) is 70.1 Å². The van der Waals surface area contributed by atoms with Gasteiger partial charge in [-0.1, -0.05) is 0 Å². The Kier molecular flexibility index (Phi) is 6.03. The van der Waals surface area contributed by atoms with Crippen molar-refractivity contribution in [1.29, 1.82) is 0 Å². The summed E-state index contributed by atoms with van der Waals surface area (Å²) in [4.78, 5) is 14.9. The van der Waals surface area contributed by atoms with Gasteiger partial charge in [0.05, 0.1) is 33.4 Å². The van der Waals surface area contributed by atoms with Crippen LogP contribution in [0.1, 0.15) is 5.56 Å². The Hall–Kier alpha value is -1.79. The molecule has 0 aliphatic carbocycles. The third-order valence-corrected chi connectivity index (χ3v) is 3.95. The molecule has 0 atom stereocenters. The van der Waals surface area contributed by atoms with Gasteiger partial charge in [0.15, 0.2) is 0 Å². The van der Waals surface area contributed by atoms with Crippen molar-refractivity contribution in [2.24, 2.45) is 0 Å². The van der Waals surface area contributed by atoms with Gasteiger partial charge < -0.3 is 14.2 Å². The van der Waals surface area contributed by atoms with Crippen LogP contribution in [0.3, 0.4) is 0 Å². The molecule has 1 heterocycles. The minimum atomic E-state index is 0.392. The first kappa shape index (κ1) is 16.6. The predicted octanol–water partition coefficient (Wildman–Crippen LogP) is 0.940. The molecule has 2 rings (SSSR count). The van der Waals surface area contributed by atoms with Crippen molar-refractivity contribution in [3.05, 3.63) is 17.7 Å².